The van der Waals surface area contributed by atoms with Crippen LogP contribution in [-0.4, -0.2) is 23.8 Å². The Morgan fingerprint density at radius 2 is 1.87 bits per heavy atom. The van der Waals surface area contributed by atoms with E-state index < -0.39 is 0 Å². The molecule has 0 spiro atoms. The molecule has 0 radical (unpaired) electrons. The molecule has 86 valence electrons. The van der Waals surface area contributed by atoms with E-state index in [2.05, 4.69) is 18.0 Å². The van der Waals surface area contributed by atoms with Gasteiger partial charge >= 0.3 is 0 Å². The Morgan fingerprint density at radius 1 is 1.27 bits per heavy atom. The van der Waals surface area contributed by atoms with Gasteiger partial charge in [0, 0.05) is 30.8 Å². The summed E-state index contributed by atoms with van der Waals surface area (Å²) in [5.41, 5.74) is 0.993. The lowest BCUT2D eigenvalue weighted by Gasteiger charge is -2.26. The highest BCUT2D eigenvalue weighted by molar-refractivity contribution is 5.96. The second kappa shape index (κ2) is 5.94. The molecule has 0 amide bonds. The van der Waals surface area contributed by atoms with Crippen LogP contribution in [-0.2, 0) is 4.79 Å². The number of carbonyl (C=O) groups excluding carboxylic acids is 1. The lowest BCUT2D eigenvalue weighted by Crippen LogP contribution is -2.26. The van der Waals surface area contributed by atoms with Crippen LogP contribution in [0.2, 0.25) is 0 Å². The molecule has 0 bridgehead atoms. The fourth-order valence-electron chi connectivity index (χ4n) is 1.97. The second-order valence-corrected chi connectivity index (χ2v) is 4.62. The molecule has 0 aromatic rings. The van der Waals surface area contributed by atoms with Gasteiger partial charge in [-0.05, 0) is 25.7 Å². The van der Waals surface area contributed by atoms with Gasteiger partial charge in [0.05, 0.1) is 0 Å². The minimum Gasteiger partial charge on any atom is -0.377 e. The van der Waals surface area contributed by atoms with Crippen molar-refractivity contribution in [2.24, 2.45) is 5.92 Å². The van der Waals surface area contributed by atoms with E-state index in [0.29, 0.717) is 5.78 Å². The van der Waals surface area contributed by atoms with Gasteiger partial charge in [0.2, 0.25) is 0 Å². The van der Waals surface area contributed by atoms with Crippen molar-refractivity contribution in [2.75, 3.05) is 13.1 Å². The monoisotopic (exact) mass is 209 g/mol. The topological polar surface area (TPSA) is 20.3 Å². The molecule has 0 aromatic heterocycles. The number of piperidine rings is 1. The number of likely N-dealkylation sites (tertiary alicyclic amines) is 1. The number of hydrogen-bond donors (Lipinski definition) is 0. The van der Waals surface area contributed by atoms with Gasteiger partial charge in [0.15, 0.2) is 5.78 Å². The van der Waals surface area contributed by atoms with E-state index in [1.54, 1.807) is 0 Å². The average molecular weight is 209 g/mol. The summed E-state index contributed by atoms with van der Waals surface area (Å²) in [5, 5.41) is 0. The van der Waals surface area contributed by atoms with Crippen LogP contribution in [0.4, 0.5) is 0 Å². The Balaban J connectivity index is 2.63. The maximum atomic E-state index is 11.9. The maximum absolute atomic E-state index is 11.9. The van der Waals surface area contributed by atoms with Crippen LogP contribution in [0.3, 0.4) is 0 Å². The fraction of sp³-hybridized carbons (Fsp3) is 0.769. The summed E-state index contributed by atoms with van der Waals surface area (Å²) in [4.78, 5) is 14.2. The van der Waals surface area contributed by atoms with Crippen molar-refractivity contribution in [1.29, 1.82) is 0 Å². The van der Waals surface area contributed by atoms with Crippen LogP contribution in [0.1, 0.15) is 46.5 Å². The summed E-state index contributed by atoms with van der Waals surface area (Å²) in [6.45, 7) is 8.25. The number of rotatable bonds is 4. The Morgan fingerprint density at radius 3 is 2.33 bits per heavy atom. The van der Waals surface area contributed by atoms with E-state index in [-0.39, 0.29) is 5.92 Å². The molecule has 1 aliphatic heterocycles. The summed E-state index contributed by atoms with van der Waals surface area (Å²) in [6, 6.07) is 0. The van der Waals surface area contributed by atoms with Crippen molar-refractivity contribution in [3.8, 4) is 0 Å². The average Bonchev–Trinajstić information content (AvgIpc) is 2.26. The zero-order valence-corrected chi connectivity index (χ0v) is 10.3. The molecule has 1 fully saturated rings. The van der Waals surface area contributed by atoms with Gasteiger partial charge in [-0.15, -0.1) is 0 Å². The van der Waals surface area contributed by atoms with Gasteiger partial charge in [-0.2, -0.15) is 0 Å². The molecule has 2 heteroatoms. The first-order valence-corrected chi connectivity index (χ1v) is 6.14. The molecule has 0 aromatic carbocycles. The fourth-order valence-corrected chi connectivity index (χ4v) is 1.97. The molecule has 0 atom stereocenters. The van der Waals surface area contributed by atoms with Crippen molar-refractivity contribution < 1.29 is 4.79 Å². The minimum atomic E-state index is 0.126. The van der Waals surface area contributed by atoms with Crippen LogP contribution in [0.15, 0.2) is 11.8 Å². The maximum Gasteiger partial charge on any atom is 0.162 e. The predicted octanol–water partition coefficient (Wildman–Crippen LogP) is 2.99. The normalized spacial score (nSPS) is 18.4. The molecule has 1 saturated heterocycles. The third-order valence-corrected chi connectivity index (χ3v) is 2.95. The number of Topliss-reactive ketones (excluding diaryl/α,β-unsaturated/α-hetero) is 1. The third-order valence-electron chi connectivity index (χ3n) is 2.95. The summed E-state index contributed by atoms with van der Waals surface area (Å²) in [6.07, 6.45) is 6.83. The van der Waals surface area contributed by atoms with Gasteiger partial charge < -0.3 is 4.90 Å². The largest absolute Gasteiger partial charge is 0.377 e. The van der Waals surface area contributed by atoms with E-state index in [9.17, 15) is 4.79 Å². The van der Waals surface area contributed by atoms with Gasteiger partial charge in [-0.3, -0.25) is 4.79 Å². The first kappa shape index (κ1) is 12.3. The number of ketones is 1. The van der Waals surface area contributed by atoms with E-state index in [1.165, 1.54) is 19.3 Å². The SMILES string of the molecule is CCC(=CN1CCCCC1)C(=O)C(C)C. The van der Waals surface area contributed by atoms with Gasteiger partial charge in [-0.25, -0.2) is 0 Å². The van der Waals surface area contributed by atoms with E-state index in [1.807, 2.05) is 13.8 Å². The lowest BCUT2D eigenvalue weighted by molar-refractivity contribution is -0.118. The first-order chi connectivity index (χ1) is 7.15. The Hall–Kier alpha value is -0.790. The molecule has 1 aliphatic rings. The van der Waals surface area contributed by atoms with Crippen molar-refractivity contribution in [1.82, 2.24) is 4.90 Å². The van der Waals surface area contributed by atoms with Crippen LogP contribution in [0.25, 0.3) is 0 Å². The van der Waals surface area contributed by atoms with Crippen molar-refractivity contribution >= 4 is 5.78 Å². The molecular formula is C13H23NO. The predicted molar refractivity (Wildman–Crippen MR) is 63.6 cm³/mol. The highest BCUT2D eigenvalue weighted by atomic mass is 16.1. The zero-order chi connectivity index (χ0) is 11.3. The van der Waals surface area contributed by atoms with Crippen molar-refractivity contribution in [3.05, 3.63) is 11.8 Å². The van der Waals surface area contributed by atoms with Gasteiger partial charge in [-0.1, -0.05) is 20.8 Å². The molecule has 0 N–H and O–H groups in total. The molecule has 0 saturated carbocycles. The first-order valence-electron chi connectivity index (χ1n) is 6.14. The molecule has 0 aliphatic carbocycles. The number of hydrogen-bond acceptors (Lipinski definition) is 2. The summed E-state index contributed by atoms with van der Waals surface area (Å²) >= 11 is 0. The summed E-state index contributed by atoms with van der Waals surface area (Å²) in [5.74, 6) is 0.434. The van der Waals surface area contributed by atoms with Crippen LogP contribution >= 0.6 is 0 Å². The molecule has 1 rings (SSSR count). The van der Waals surface area contributed by atoms with Crippen LogP contribution in [0.5, 0.6) is 0 Å². The molecular weight excluding hydrogens is 186 g/mol. The second-order valence-electron chi connectivity index (χ2n) is 4.62. The van der Waals surface area contributed by atoms with Crippen molar-refractivity contribution in [3.63, 3.8) is 0 Å². The Labute approximate surface area is 93.3 Å². The van der Waals surface area contributed by atoms with Gasteiger partial charge in [0.1, 0.15) is 0 Å². The zero-order valence-electron chi connectivity index (χ0n) is 10.3. The Kier molecular flexibility index (Phi) is 4.86. The molecule has 0 unspecified atom stereocenters. The number of carbonyl (C=O) groups is 1. The Bertz CT molecular complexity index is 237. The van der Waals surface area contributed by atoms with Crippen LogP contribution < -0.4 is 0 Å². The minimum absolute atomic E-state index is 0.126. The highest BCUT2D eigenvalue weighted by Gasteiger charge is 2.14. The molecule has 1 heterocycles. The molecule has 2 nitrogen and oxygen atoms in total. The summed E-state index contributed by atoms with van der Waals surface area (Å²) < 4.78 is 0. The quantitative estimate of drug-likeness (QED) is 0.663. The lowest BCUT2D eigenvalue weighted by atomic mass is 9.99. The number of nitrogens with zero attached hydrogens (tertiary/aromatic N) is 1. The smallest absolute Gasteiger partial charge is 0.162 e. The van der Waals surface area contributed by atoms with E-state index >= 15 is 0 Å². The highest BCUT2D eigenvalue weighted by Crippen LogP contribution is 2.15. The van der Waals surface area contributed by atoms with Crippen LogP contribution in [0, 0.1) is 5.92 Å². The van der Waals surface area contributed by atoms with E-state index in [4.69, 9.17) is 0 Å². The van der Waals surface area contributed by atoms with E-state index in [0.717, 1.165) is 25.1 Å². The number of allylic oxidation sites excluding steroid dienone is 1. The third kappa shape index (κ3) is 3.69. The molecule has 15 heavy (non-hydrogen) atoms. The van der Waals surface area contributed by atoms with Gasteiger partial charge in [0.25, 0.3) is 0 Å². The standard InChI is InChI=1S/C13H23NO/c1-4-12(13(15)11(2)3)10-14-8-6-5-7-9-14/h10-11H,4-9H2,1-3H3. The summed E-state index contributed by atoms with van der Waals surface area (Å²) in [7, 11) is 0. The van der Waals surface area contributed by atoms with Crippen molar-refractivity contribution in [2.45, 2.75) is 46.5 Å².